The van der Waals surface area contributed by atoms with E-state index in [4.69, 9.17) is 9.47 Å². The van der Waals surface area contributed by atoms with Gasteiger partial charge in [0.05, 0.1) is 22.1 Å². The summed E-state index contributed by atoms with van der Waals surface area (Å²) in [5, 5.41) is 14.1. The molecule has 178 valence electrons. The maximum absolute atomic E-state index is 12.5. The largest absolute Gasteiger partial charge is 0.490 e. The molecule has 0 bridgehead atoms. The summed E-state index contributed by atoms with van der Waals surface area (Å²) in [6, 6.07) is 19.8. The van der Waals surface area contributed by atoms with Crippen molar-refractivity contribution < 1.29 is 19.2 Å². The van der Waals surface area contributed by atoms with E-state index in [1.165, 1.54) is 23.9 Å². The van der Waals surface area contributed by atoms with Gasteiger partial charge in [-0.05, 0) is 66.6 Å². The SMILES string of the molecule is CCOc1cc(/C=C2/SC(=Nc3ccc([N+](=O)[O-])cc3C)NC2=O)ccc1OCc1ccccc1. The molecule has 8 nitrogen and oxygen atoms in total. The van der Waals surface area contributed by atoms with Crippen molar-refractivity contribution >= 4 is 40.3 Å². The fraction of sp³-hybridized carbons (Fsp3) is 0.154. The molecule has 1 amide bonds. The summed E-state index contributed by atoms with van der Waals surface area (Å²) < 4.78 is 11.7. The van der Waals surface area contributed by atoms with Crippen molar-refractivity contribution in [2.24, 2.45) is 4.99 Å². The number of amides is 1. The first-order valence-electron chi connectivity index (χ1n) is 10.9. The van der Waals surface area contributed by atoms with Crippen molar-refractivity contribution in [2.75, 3.05) is 6.61 Å². The van der Waals surface area contributed by atoms with Crippen LogP contribution < -0.4 is 14.8 Å². The van der Waals surface area contributed by atoms with E-state index in [9.17, 15) is 14.9 Å². The van der Waals surface area contributed by atoms with Gasteiger partial charge < -0.3 is 14.8 Å². The standard InChI is InChI=1S/C26H23N3O5S/c1-3-33-23-14-19(9-12-22(23)34-16-18-7-5-4-6-8-18)15-24-25(30)28-26(35-24)27-21-11-10-20(29(31)32)13-17(21)2/h4-15H,3,16H2,1-2H3,(H,27,28,30)/b24-15+. The van der Waals surface area contributed by atoms with Crippen molar-refractivity contribution in [3.63, 3.8) is 0 Å². The van der Waals surface area contributed by atoms with Gasteiger partial charge in [0.1, 0.15) is 6.61 Å². The maximum Gasteiger partial charge on any atom is 0.269 e. The maximum atomic E-state index is 12.5. The topological polar surface area (TPSA) is 103 Å². The van der Waals surface area contributed by atoms with Crippen molar-refractivity contribution in [3.05, 3.63) is 98.4 Å². The third kappa shape index (κ3) is 6.07. The molecule has 0 radical (unpaired) electrons. The predicted molar refractivity (Wildman–Crippen MR) is 137 cm³/mol. The van der Waals surface area contributed by atoms with Crippen LogP contribution in [0.4, 0.5) is 11.4 Å². The quantitative estimate of drug-likeness (QED) is 0.245. The number of carbonyl (C=O) groups excluding carboxylic acids is 1. The summed E-state index contributed by atoms with van der Waals surface area (Å²) in [7, 11) is 0. The molecule has 4 rings (SSSR count). The number of nitrogens with zero attached hydrogens (tertiary/aromatic N) is 2. The minimum absolute atomic E-state index is 0.00329. The summed E-state index contributed by atoms with van der Waals surface area (Å²) in [5.41, 5.74) is 3.03. The minimum atomic E-state index is -0.453. The number of benzene rings is 3. The highest BCUT2D eigenvalue weighted by molar-refractivity contribution is 8.18. The minimum Gasteiger partial charge on any atom is -0.490 e. The highest BCUT2D eigenvalue weighted by Crippen LogP contribution is 2.33. The lowest BCUT2D eigenvalue weighted by atomic mass is 10.2. The van der Waals surface area contributed by atoms with Crippen LogP contribution in [0.5, 0.6) is 11.5 Å². The number of thioether (sulfide) groups is 1. The zero-order valence-electron chi connectivity index (χ0n) is 19.2. The Hall–Kier alpha value is -4.11. The molecule has 0 aliphatic carbocycles. The number of non-ortho nitro benzene ring substituents is 1. The lowest BCUT2D eigenvalue weighted by Gasteiger charge is -2.13. The number of nitrogens with one attached hydrogen (secondary N) is 1. The van der Waals surface area contributed by atoms with E-state index in [0.29, 0.717) is 46.0 Å². The van der Waals surface area contributed by atoms with Gasteiger partial charge in [-0.15, -0.1) is 0 Å². The number of nitro groups is 1. The van der Waals surface area contributed by atoms with E-state index >= 15 is 0 Å². The Morgan fingerprint density at radius 3 is 2.57 bits per heavy atom. The third-order valence-corrected chi connectivity index (χ3v) is 5.98. The molecular weight excluding hydrogens is 466 g/mol. The number of ether oxygens (including phenoxy) is 2. The van der Waals surface area contributed by atoms with Gasteiger partial charge >= 0.3 is 0 Å². The van der Waals surface area contributed by atoms with Crippen LogP contribution in [0.3, 0.4) is 0 Å². The number of nitro benzene ring substituents is 1. The molecule has 1 aliphatic rings. The van der Waals surface area contributed by atoms with E-state index in [1.807, 2.05) is 55.5 Å². The van der Waals surface area contributed by atoms with Crippen molar-refractivity contribution in [1.29, 1.82) is 0 Å². The van der Waals surface area contributed by atoms with E-state index in [2.05, 4.69) is 10.3 Å². The molecule has 1 heterocycles. The lowest BCUT2D eigenvalue weighted by Crippen LogP contribution is -2.19. The molecule has 9 heteroatoms. The summed E-state index contributed by atoms with van der Waals surface area (Å²) in [5.74, 6) is 0.949. The second-order valence-corrected chi connectivity index (χ2v) is 8.65. The number of aliphatic imine (C=N–C) groups is 1. The number of hydrogen-bond acceptors (Lipinski definition) is 7. The molecule has 1 aliphatic heterocycles. The Kier molecular flexibility index (Phi) is 7.47. The van der Waals surface area contributed by atoms with Crippen molar-refractivity contribution in [3.8, 4) is 11.5 Å². The lowest BCUT2D eigenvalue weighted by molar-refractivity contribution is -0.384. The van der Waals surface area contributed by atoms with Crippen LogP contribution in [-0.4, -0.2) is 22.6 Å². The zero-order valence-corrected chi connectivity index (χ0v) is 20.0. The number of aryl methyl sites for hydroxylation is 1. The Labute approximate surface area is 206 Å². The summed E-state index contributed by atoms with van der Waals surface area (Å²) in [6.45, 7) is 4.53. The highest BCUT2D eigenvalue weighted by Gasteiger charge is 2.24. The molecule has 1 saturated heterocycles. The molecule has 0 atom stereocenters. The molecule has 3 aromatic rings. The third-order valence-electron chi connectivity index (χ3n) is 5.07. The number of rotatable bonds is 8. The number of hydrogen-bond donors (Lipinski definition) is 1. The summed E-state index contributed by atoms with van der Waals surface area (Å²) in [6.07, 6.45) is 1.76. The second-order valence-electron chi connectivity index (χ2n) is 7.62. The molecule has 0 saturated carbocycles. The Balaban J connectivity index is 1.51. The van der Waals surface area contributed by atoms with Gasteiger partial charge in [-0.1, -0.05) is 36.4 Å². The Bertz CT molecular complexity index is 1320. The van der Waals surface area contributed by atoms with Crippen molar-refractivity contribution in [2.45, 2.75) is 20.5 Å². The first-order valence-corrected chi connectivity index (χ1v) is 11.7. The fourth-order valence-corrected chi connectivity index (χ4v) is 4.19. The average Bonchev–Trinajstić information content (AvgIpc) is 3.19. The summed E-state index contributed by atoms with van der Waals surface area (Å²) >= 11 is 1.20. The molecule has 0 aromatic heterocycles. The molecular formula is C26H23N3O5S. The fourth-order valence-electron chi connectivity index (χ4n) is 3.36. The van der Waals surface area contributed by atoms with E-state index in [1.54, 1.807) is 19.1 Å². The van der Waals surface area contributed by atoms with Gasteiger partial charge in [-0.25, -0.2) is 4.99 Å². The number of carbonyl (C=O) groups is 1. The van der Waals surface area contributed by atoms with Gasteiger partial charge in [0.25, 0.3) is 11.6 Å². The van der Waals surface area contributed by atoms with Gasteiger partial charge in [0.15, 0.2) is 16.7 Å². The Morgan fingerprint density at radius 2 is 1.86 bits per heavy atom. The van der Waals surface area contributed by atoms with Crippen LogP contribution in [0.25, 0.3) is 6.08 Å². The van der Waals surface area contributed by atoms with Gasteiger partial charge in [-0.2, -0.15) is 0 Å². The van der Waals surface area contributed by atoms with E-state index in [0.717, 1.165) is 11.1 Å². The molecule has 3 aromatic carbocycles. The first-order chi connectivity index (χ1) is 16.9. The second kappa shape index (κ2) is 10.9. The molecule has 0 unspecified atom stereocenters. The van der Waals surface area contributed by atoms with E-state index in [-0.39, 0.29) is 11.6 Å². The van der Waals surface area contributed by atoms with Crippen LogP contribution in [0.1, 0.15) is 23.6 Å². The first kappa shape index (κ1) is 24.0. The predicted octanol–water partition coefficient (Wildman–Crippen LogP) is 5.77. The summed E-state index contributed by atoms with van der Waals surface area (Å²) in [4.78, 5) is 27.9. The van der Waals surface area contributed by atoms with Crippen LogP contribution in [-0.2, 0) is 11.4 Å². The van der Waals surface area contributed by atoms with Gasteiger partial charge in [-0.3, -0.25) is 14.9 Å². The van der Waals surface area contributed by atoms with Crippen LogP contribution in [0.2, 0.25) is 0 Å². The number of amidine groups is 1. The smallest absolute Gasteiger partial charge is 0.269 e. The normalized spacial score (nSPS) is 15.3. The zero-order chi connectivity index (χ0) is 24.8. The highest BCUT2D eigenvalue weighted by atomic mass is 32.2. The average molecular weight is 490 g/mol. The molecule has 0 spiro atoms. The van der Waals surface area contributed by atoms with Gasteiger partial charge in [0.2, 0.25) is 0 Å². The van der Waals surface area contributed by atoms with Crippen molar-refractivity contribution in [1.82, 2.24) is 5.32 Å². The molecule has 35 heavy (non-hydrogen) atoms. The Morgan fingerprint density at radius 1 is 1.06 bits per heavy atom. The van der Waals surface area contributed by atoms with Crippen LogP contribution in [0.15, 0.2) is 76.6 Å². The van der Waals surface area contributed by atoms with Crippen LogP contribution >= 0.6 is 11.8 Å². The molecule has 1 N–H and O–H groups in total. The molecule has 1 fully saturated rings. The van der Waals surface area contributed by atoms with E-state index < -0.39 is 4.92 Å². The van der Waals surface area contributed by atoms with Crippen LogP contribution in [0, 0.1) is 17.0 Å². The van der Waals surface area contributed by atoms with Gasteiger partial charge in [0, 0.05) is 12.1 Å². The monoisotopic (exact) mass is 489 g/mol.